The molecule has 1 heterocycles. The second kappa shape index (κ2) is 6.28. The van der Waals surface area contributed by atoms with Crippen LogP contribution >= 0.6 is 70.7 Å². The Morgan fingerprint density at radius 3 is 2.20 bits per heavy atom. The van der Waals surface area contributed by atoms with Gasteiger partial charge < -0.3 is 0 Å². The molecule has 8 heteroatoms. The third kappa shape index (κ3) is 3.61. The largest absolute Gasteiger partial charge is 0.417 e. The van der Waals surface area contributed by atoms with Crippen LogP contribution in [0.3, 0.4) is 0 Å². The molecule has 1 aromatic carbocycles. The third-order valence-corrected chi connectivity index (χ3v) is 7.13. The number of halogens is 7. The van der Waals surface area contributed by atoms with Crippen LogP contribution in [0.2, 0.25) is 0 Å². The molecule has 1 aromatic heterocycles. The van der Waals surface area contributed by atoms with E-state index in [1.807, 2.05) is 0 Å². The molecule has 0 saturated heterocycles. The Kier molecular flexibility index (Phi) is 5.28. The second-order valence-electron chi connectivity index (χ2n) is 3.87. The van der Waals surface area contributed by atoms with Gasteiger partial charge in [-0.2, -0.15) is 13.2 Å². The van der Waals surface area contributed by atoms with Crippen LogP contribution < -0.4 is 0 Å². The fraction of sp³-hybridized carbons (Fsp3) is 0.167. The molecule has 108 valence electrons. The maximum atomic E-state index is 12.9. The van der Waals surface area contributed by atoms with Crippen LogP contribution in [0.15, 0.2) is 37.0 Å². The summed E-state index contributed by atoms with van der Waals surface area (Å²) in [7, 11) is 0. The van der Waals surface area contributed by atoms with Crippen molar-refractivity contribution in [2.45, 2.75) is 11.6 Å². The molecular formula is C12H5Br3ClF3S. The first-order chi connectivity index (χ1) is 9.20. The van der Waals surface area contributed by atoms with Crippen LogP contribution in [0.5, 0.6) is 0 Å². The first-order valence-electron chi connectivity index (χ1n) is 5.15. The molecule has 1 unspecified atom stereocenters. The fourth-order valence-corrected chi connectivity index (χ4v) is 4.47. The molecule has 0 radical (unpaired) electrons. The van der Waals surface area contributed by atoms with Crippen molar-refractivity contribution >= 4 is 70.7 Å². The van der Waals surface area contributed by atoms with Gasteiger partial charge in [0.05, 0.1) is 14.7 Å². The molecule has 20 heavy (non-hydrogen) atoms. The molecule has 2 rings (SSSR count). The van der Waals surface area contributed by atoms with Gasteiger partial charge in [0.15, 0.2) is 0 Å². The second-order valence-corrected chi connectivity index (χ2v) is 8.42. The normalized spacial score (nSPS) is 13.6. The Hall–Kier alpha value is 0.440. The Balaban J connectivity index is 2.43. The SMILES string of the molecule is FC(F)(F)c1cc(C(Cl)c2cc(Br)c(Br)s2)ccc1Br. The smallest absolute Gasteiger partial charge is 0.166 e. The van der Waals surface area contributed by atoms with Gasteiger partial charge in [0.1, 0.15) is 0 Å². The van der Waals surface area contributed by atoms with Crippen LogP contribution in [0, 0.1) is 0 Å². The van der Waals surface area contributed by atoms with Gasteiger partial charge in [0, 0.05) is 13.8 Å². The highest BCUT2D eigenvalue weighted by Gasteiger charge is 2.33. The quantitative estimate of drug-likeness (QED) is 0.368. The van der Waals surface area contributed by atoms with Crippen molar-refractivity contribution in [3.05, 3.63) is 53.0 Å². The summed E-state index contributed by atoms with van der Waals surface area (Å²) in [5, 5.41) is -0.628. The monoisotopic (exact) mass is 510 g/mol. The summed E-state index contributed by atoms with van der Waals surface area (Å²) in [5.41, 5.74) is -0.321. The molecule has 0 aliphatic rings. The predicted octanol–water partition coefficient (Wildman–Crippen LogP) is 7.38. The van der Waals surface area contributed by atoms with E-state index in [9.17, 15) is 13.2 Å². The van der Waals surface area contributed by atoms with E-state index in [1.165, 1.54) is 17.4 Å². The maximum Gasteiger partial charge on any atom is 0.417 e. The average molecular weight is 513 g/mol. The van der Waals surface area contributed by atoms with Gasteiger partial charge in [-0.15, -0.1) is 22.9 Å². The number of rotatable bonds is 2. The first kappa shape index (κ1) is 16.8. The van der Waals surface area contributed by atoms with Crippen molar-refractivity contribution in [1.29, 1.82) is 0 Å². The van der Waals surface area contributed by atoms with Crippen molar-refractivity contribution in [2.24, 2.45) is 0 Å². The van der Waals surface area contributed by atoms with E-state index in [-0.39, 0.29) is 4.47 Å². The van der Waals surface area contributed by atoms with E-state index in [4.69, 9.17) is 11.6 Å². The van der Waals surface area contributed by atoms with Crippen molar-refractivity contribution in [2.75, 3.05) is 0 Å². The minimum atomic E-state index is -4.41. The van der Waals surface area contributed by atoms with Gasteiger partial charge in [-0.3, -0.25) is 0 Å². The third-order valence-electron chi connectivity index (χ3n) is 2.50. The minimum Gasteiger partial charge on any atom is -0.166 e. The van der Waals surface area contributed by atoms with E-state index in [0.29, 0.717) is 5.56 Å². The summed E-state index contributed by atoms with van der Waals surface area (Å²) in [6.07, 6.45) is -4.41. The van der Waals surface area contributed by atoms with Gasteiger partial charge in [0.2, 0.25) is 0 Å². The Morgan fingerprint density at radius 1 is 1.05 bits per heavy atom. The van der Waals surface area contributed by atoms with Gasteiger partial charge in [-0.1, -0.05) is 22.0 Å². The number of thiophene rings is 1. The topological polar surface area (TPSA) is 0 Å². The molecule has 0 fully saturated rings. The molecule has 1 atom stereocenters. The predicted molar refractivity (Wildman–Crippen MR) is 86.6 cm³/mol. The Morgan fingerprint density at radius 2 is 1.70 bits per heavy atom. The molecule has 0 N–H and O–H groups in total. The van der Waals surface area contributed by atoms with Crippen molar-refractivity contribution in [3.63, 3.8) is 0 Å². The summed E-state index contributed by atoms with van der Waals surface area (Å²) in [6.45, 7) is 0. The number of alkyl halides is 4. The fourth-order valence-electron chi connectivity index (χ4n) is 1.57. The van der Waals surface area contributed by atoms with Gasteiger partial charge in [-0.05, 0) is 55.6 Å². The van der Waals surface area contributed by atoms with E-state index in [2.05, 4.69) is 47.8 Å². The highest BCUT2D eigenvalue weighted by atomic mass is 79.9. The van der Waals surface area contributed by atoms with Gasteiger partial charge in [-0.25, -0.2) is 0 Å². The zero-order valence-corrected chi connectivity index (χ0v) is 15.8. The first-order valence-corrected chi connectivity index (χ1v) is 8.79. The van der Waals surface area contributed by atoms with Crippen LogP contribution in [-0.4, -0.2) is 0 Å². The minimum absolute atomic E-state index is 0.00570. The van der Waals surface area contributed by atoms with Crippen molar-refractivity contribution in [3.8, 4) is 0 Å². The zero-order valence-electron chi connectivity index (χ0n) is 9.44. The van der Waals surface area contributed by atoms with E-state index < -0.39 is 17.1 Å². The number of hydrogen-bond donors (Lipinski definition) is 0. The Labute approximate surface area is 147 Å². The summed E-state index contributed by atoms with van der Waals surface area (Å²) in [4.78, 5) is 0.765. The lowest BCUT2D eigenvalue weighted by molar-refractivity contribution is -0.138. The van der Waals surface area contributed by atoms with Gasteiger partial charge in [0.25, 0.3) is 0 Å². The van der Waals surface area contributed by atoms with Crippen LogP contribution in [0.4, 0.5) is 13.2 Å². The molecule has 0 aliphatic heterocycles. The zero-order chi connectivity index (χ0) is 15.1. The average Bonchev–Trinajstić information content (AvgIpc) is 2.68. The number of hydrogen-bond acceptors (Lipinski definition) is 1. The maximum absolute atomic E-state index is 12.9. The molecule has 0 aliphatic carbocycles. The lowest BCUT2D eigenvalue weighted by atomic mass is 10.1. The molecular weight excluding hydrogens is 508 g/mol. The van der Waals surface area contributed by atoms with Crippen molar-refractivity contribution < 1.29 is 13.2 Å². The summed E-state index contributed by atoms with van der Waals surface area (Å²) < 4.78 is 40.3. The molecule has 0 amide bonds. The summed E-state index contributed by atoms with van der Waals surface area (Å²) in [6, 6.07) is 5.81. The van der Waals surface area contributed by atoms with E-state index in [1.54, 1.807) is 12.1 Å². The molecule has 0 nitrogen and oxygen atoms in total. The highest BCUT2D eigenvalue weighted by Crippen LogP contribution is 2.42. The summed E-state index contributed by atoms with van der Waals surface area (Å²) >= 11 is 17.2. The van der Waals surface area contributed by atoms with Crippen LogP contribution in [0.25, 0.3) is 0 Å². The standard InChI is InChI=1S/C12H5Br3ClF3S/c13-7-2-1-5(3-6(7)12(17,18)19)10(16)9-4-8(14)11(15)20-9/h1-4,10H. The lowest BCUT2D eigenvalue weighted by Crippen LogP contribution is -2.07. The van der Waals surface area contributed by atoms with Crippen molar-refractivity contribution in [1.82, 2.24) is 0 Å². The summed E-state index contributed by atoms with van der Waals surface area (Å²) in [5.74, 6) is 0. The van der Waals surface area contributed by atoms with Gasteiger partial charge >= 0.3 is 6.18 Å². The van der Waals surface area contributed by atoms with Crippen LogP contribution in [0.1, 0.15) is 21.4 Å². The Bertz CT molecular complexity index is 620. The molecule has 0 bridgehead atoms. The van der Waals surface area contributed by atoms with E-state index >= 15 is 0 Å². The van der Waals surface area contributed by atoms with E-state index in [0.717, 1.165) is 19.2 Å². The highest BCUT2D eigenvalue weighted by molar-refractivity contribution is 9.13. The van der Waals surface area contributed by atoms with Crippen LogP contribution in [-0.2, 0) is 6.18 Å². The molecule has 0 saturated carbocycles. The molecule has 0 spiro atoms. The molecule has 2 aromatic rings. The lowest BCUT2D eigenvalue weighted by Gasteiger charge is -2.13. The number of benzene rings is 1.